The summed E-state index contributed by atoms with van der Waals surface area (Å²) in [6.07, 6.45) is 9.15. The van der Waals surface area contributed by atoms with Crippen LogP contribution in [0.2, 0.25) is 0 Å². The Morgan fingerprint density at radius 2 is 1.67 bits per heavy atom. The first-order chi connectivity index (χ1) is 7.24. The van der Waals surface area contributed by atoms with Gasteiger partial charge in [-0.25, -0.2) is 9.97 Å². The molecule has 1 aliphatic carbocycles. The van der Waals surface area contributed by atoms with Crippen LogP contribution in [-0.2, 0) is 0 Å². The summed E-state index contributed by atoms with van der Waals surface area (Å²) in [6, 6.07) is 0.592. The van der Waals surface area contributed by atoms with Crippen LogP contribution in [0.1, 0.15) is 33.1 Å². The molecule has 1 aromatic rings. The minimum absolute atomic E-state index is 0.592. The van der Waals surface area contributed by atoms with Crippen LogP contribution < -0.4 is 5.32 Å². The molecule has 1 fully saturated rings. The molecule has 0 spiro atoms. The van der Waals surface area contributed by atoms with Crippen molar-refractivity contribution in [2.24, 2.45) is 11.8 Å². The highest BCUT2D eigenvalue weighted by Crippen LogP contribution is 2.30. The van der Waals surface area contributed by atoms with E-state index in [0.29, 0.717) is 6.04 Å². The first-order valence-electron chi connectivity index (χ1n) is 5.75. The van der Waals surface area contributed by atoms with Crippen molar-refractivity contribution in [2.75, 3.05) is 5.32 Å². The molecule has 15 heavy (non-hydrogen) atoms. The quantitative estimate of drug-likeness (QED) is 0.806. The fourth-order valence-electron chi connectivity index (χ4n) is 2.67. The minimum Gasteiger partial charge on any atom is -0.380 e. The Balaban J connectivity index is 1.94. The molecule has 1 aliphatic rings. The summed E-state index contributed by atoms with van der Waals surface area (Å²) in [5, 5.41) is 3.52. The summed E-state index contributed by atoms with van der Waals surface area (Å²) in [7, 11) is 0. The van der Waals surface area contributed by atoms with Crippen LogP contribution in [-0.4, -0.2) is 16.0 Å². The third kappa shape index (κ3) is 2.91. The first-order valence-corrected chi connectivity index (χ1v) is 5.75. The number of aromatic nitrogens is 2. The molecule has 0 saturated heterocycles. The van der Waals surface area contributed by atoms with Gasteiger partial charge in [0.25, 0.3) is 0 Å². The molecule has 1 heterocycles. The van der Waals surface area contributed by atoms with E-state index >= 15 is 0 Å². The molecule has 2 unspecified atom stereocenters. The van der Waals surface area contributed by atoms with E-state index < -0.39 is 0 Å². The first kappa shape index (κ1) is 10.4. The van der Waals surface area contributed by atoms with Crippen LogP contribution in [0.5, 0.6) is 0 Å². The lowest BCUT2D eigenvalue weighted by Gasteiger charge is -2.32. The number of rotatable bonds is 2. The highest BCUT2D eigenvalue weighted by atomic mass is 15.0. The number of hydrogen-bond donors (Lipinski definition) is 1. The molecule has 3 heteroatoms. The van der Waals surface area contributed by atoms with Crippen molar-refractivity contribution in [3.8, 4) is 0 Å². The maximum absolute atomic E-state index is 4.01. The van der Waals surface area contributed by atoms with Gasteiger partial charge in [0.05, 0.1) is 18.1 Å². The Bertz CT molecular complexity index is 289. The Hall–Kier alpha value is -1.12. The van der Waals surface area contributed by atoms with E-state index in [2.05, 4.69) is 29.1 Å². The molecule has 2 atom stereocenters. The summed E-state index contributed by atoms with van der Waals surface area (Å²) < 4.78 is 0. The second-order valence-corrected chi connectivity index (χ2v) is 4.89. The predicted octanol–water partition coefficient (Wildman–Crippen LogP) is 2.71. The smallest absolute Gasteiger partial charge is 0.115 e. The molecular weight excluding hydrogens is 186 g/mol. The van der Waals surface area contributed by atoms with Gasteiger partial charge in [0.15, 0.2) is 0 Å². The lowest BCUT2D eigenvalue weighted by molar-refractivity contribution is 0.281. The van der Waals surface area contributed by atoms with Gasteiger partial charge in [-0.2, -0.15) is 0 Å². The molecule has 3 nitrogen and oxygen atoms in total. The maximum atomic E-state index is 4.01. The average Bonchev–Trinajstić information content (AvgIpc) is 2.17. The lowest BCUT2D eigenvalue weighted by Crippen LogP contribution is -2.30. The topological polar surface area (TPSA) is 37.8 Å². The summed E-state index contributed by atoms with van der Waals surface area (Å²) in [5.74, 6) is 1.66. The van der Waals surface area contributed by atoms with Crippen LogP contribution >= 0.6 is 0 Å². The fraction of sp³-hybridized carbons (Fsp3) is 0.667. The minimum atomic E-state index is 0.592. The van der Waals surface area contributed by atoms with Crippen LogP contribution in [0.15, 0.2) is 18.7 Å². The molecule has 1 aromatic heterocycles. The number of anilines is 1. The fourth-order valence-corrected chi connectivity index (χ4v) is 2.67. The highest BCUT2D eigenvalue weighted by Gasteiger charge is 2.23. The van der Waals surface area contributed by atoms with Gasteiger partial charge in [-0.1, -0.05) is 13.8 Å². The molecule has 82 valence electrons. The zero-order valence-corrected chi connectivity index (χ0v) is 9.48. The van der Waals surface area contributed by atoms with E-state index in [4.69, 9.17) is 0 Å². The van der Waals surface area contributed by atoms with Gasteiger partial charge in [-0.15, -0.1) is 0 Å². The molecule has 0 radical (unpaired) electrons. The summed E-state index contributed by atoms with van der Waals surface area (Å²) in [4.78, 5) is 8.03. The standard InChI is InChI=1S/C12H19N3/c1-9-3-10(2)5-11(4-9)15-12-6-13-8-14-7-12/h6-11,15H,3-5H2,1-2H3. The monoisotopic (exact) mass is 205 g/mol. The van der Waals surface area contributed by atoms with E-state index in [1.165, 1.54) is 19.3 Å². The van der Waals surface area contributed by atoms with Gasteiger partial charge in [0, 0.05) is 6.04 Å². The Morgan fingerprint density at radius 1 is 1.07 bits per heavy atom. The molecule has 0 bridgehead atoms. The number of nitrogens with one attached hydrogen (secondary N) is 1. The van der Waals surface area contributed by atoms with E-state index in [-0.39, 0.29) is 0 Å². The summed E-state index contributed by atoms with van der Waals surface area (Å²) >= 11 is 0. The van der Waals surface area contributed by atoms with Crippen molar-refractivity contribution in [3.05, 3.63) is 18.7 Å². The van der Waals surface area contributed by atoms with Gasteiger partial charge < -0.3 is 5.32 Å². The van der Waals surface area contributed by atoms with Gasteiger partial charge in [-0.3, -0.25) is 0 Å². The van der Waals surface area contributed by atoms with Crippen molar-refractivity contribution in [2.45, 2.75) is 39.2 Å². The molecule has 1 N–H and O–H groups in total. The zero-order valence-electron chi connectivity index (χ0n) is 9.48. The summed E-state index contributed by atoms with van der Waals surface area (Å²) in [5.41, 5.74) is 1.05. The molecule has 2 rings (SSSR count). The second-order valence-electron chi connectivity index (χ2n) is 4.89. The average molecular weight is 205 g/mol. The van der Waals surface area contributed by atoms with Crippen LogP contribution in [0.4, 0.5) is 5.69 Å². The van der Waals surface area contributed by atoms with Crippen LogP contribution in [0.3, 0.4) is 0 Å². The molecule has 0 aliphatic heterocycles. The van der Waals surface area contributed by atoms with Crippen molar-refractivity contribution in [1.29, 1.82) is 0 Å². The Labute approximate surface area is 91.3 Å². The molecule has 1 saturated carbocycles. The van der Waals surface area contributed by atoms with E-state index in [0.717, 1.165) is 17.5 Å². The Morgan fingerprint density at radius 3 is 2.27 bits per heavy atom. The number of nitrogens with zero attached hydrogens (tertiary/aromatic N) is 2. The Kier molecular flexibility index (Phi) is 3.19. The van der Waals surface area contributed by atoms with Crippen LogP contribution in [0.25, 0.3) is 0 Å². The van der Waals surface area contributed by atoms with Gasteiger partial charge >= 0.3 is 0 Å². The second kappa shape index (κ2) is 4.60. The largest absolute Gasteiger partial charge is 0.380 e. The van der Waals surface area contributed by atoms with Gasteiger partial charge in [0.1, 0.15) is 6.33 Å². The van der Waals surface area contributed by atoms with Crippen molar-refractivity contribution in [3.63, 3.8) is 0 Å². The third-order valence-corrected chi connectivity index (χ3v) is 3.11. The van der Waals surface area contributed by atoms with E-state index in [1.807, 2.05) is 12.4 Å². The van der Waals surface area contributed by atoms with Crippen LogP contribution in [0, 0.1) is 11.8 Å². The molecule has 0 amide bonds. The zero-order chi connectivity index (χ0) is 10.7. The van der Waals surface area contributed by atoms with E-state index in [1.54, 1.807) is 6.33 Å². The maximum Gasteiger partial charge on any atom is 0.115 e. The summed E-state index contributed by atoms with van der Waals surface area (Å²) in [6.45, 7) is 4.68. The van der Waals surface area contributed by atoms with Gasteiger partial charge in [-0.05, 0) is 31.1 Å². The van der Waals surface area contributed by atoms with E-state index in [9.17, 15) is 0 Å². The molecular formula is C12H19N3. The lowest BCUT2D eigenvalue weighted by atomic mass is 9.80. The van der Waals surface area contributed by atoms with Crippen molar-refractivity contribution >= 4 is 5.69 Å². The van der Waals surface area contributed by atoms with Crippen molar-refractivity contribution < 1.29 is 0 Å². The van der Waals surface area contributed by atoms with Gasteiger partial charge in [0.2, 0.25) is 0 Å². The number of hydrogen-bond acceptors (Lipinski definition) is 3. The molecule has 0 aromatic carbocycles. The SMILES string of the molecule is CC1CC(C)CC(Nc2cncnc2)C1. The normalized spacial score (nSPS) is 31.2. The van der Waals surface area contributed by atoms with Crippen molar-refractivity contribution in [1.82, 2.24) is 9.97 Å². The highest BCUT2D eigenvalue weighted by molar-refractivity contribution is 5.38. The third-order valence-electron chi connectivity index (χ3n) is 3.11. The predicted molar refractivity (Wildman–Crippen MR) is 61.6 cm³/mol.